The number of hydrogen-bond acceptors (Lipinski definition) is 4. The quantitative estimate of drug-likeness (QED) is 0.841. The average molecular weight is 272 g/mol. The standard InChI is InChI=1S/C11H16N2S3/c1-3-7(2)16-6-10-12-9-5-15-4-8(9)11(14)13-10/h7H,3-6H2,1-2H3,(H,12,13,14). The molecule has 1 unspecified atom stereocenters. The lowest BCUT2D eigenvalue weighted by Gasteiger charge is -2.08. The molecule has 0 fully saturated rings. The molecule has 0 radical (unpaired) electrons. The van der Waals surface area contributed by atoms with E-state index in [1.165, 1.54) is 17.7 Å². The summed E-state index contributed by atoms with van der Waals surface area (Å²) in [6.07, 6.45) is 1.20. The van der Waals surface area contributed by atoms with Crippen LogP contribution in [0.5, 0.6) is 0 Å². The second-order valence-corrected chi connectivity index (χ2v) is 6.77. The maximum absolute atomic E-state index is 5.32. The fraction of sp³-hybridized carbons (Fsp3) is 0.636. The maximum atomic E-state index is 5.32. The number of thioether (sulfide) groups is 2. The van der Waals surface area contributed by atoms with Crippen LogP contribution in [-0.4, -0.2) is 15.2 Å². The van der Waals surface area contributed by atoms with Crippen LogP contribution in [-0.2, 0) is 17.3 Å². The first kappa shape index (κ1) is 12.5. The van der Waals surface area contributed by atoms with Gasteiger partial charge in [0.2, 0.25) is 0 Å². The van der Waals surface area contributed by atoms with Crippen molar-refractivity contribution in [2.75, 3.05) is 0 Å². The Bertz CT molecular complexity index is 428. The van der Waals surface area contributed by atoms with Crippen LogP contribution in [0.4, 0.5) is 0 Å². The van der Waals surface area contributed by atoms with E-state index in [-0.39, 0.29) is 0 Å². The highest BCUT2D eigenvalue weighted by Crippen LogP contribution is 2.29. The third kappa shape index (κ3) is 2.81. The molecule has 0 saturated carbocycles. The third-order valence-corrected chi connectivity index (χ3v) is 5.39. The third-order valence-electron chi connectivity index (χ3n) is 2.73. The lowest BCUT2D eigenvalue weighted by atomic mass is 10.3. The SMILES string of the molecule is CCC(C)SCc1nc(=S)c2c([nH]1)CSC2. The minimum Gasteiger partial charge on any atom is -0.345 e. The lowest BCUT2D eigenvalue weighted by Crippen LogP contribution is -2.02. The molecule has 0 aliphatic carbocycles. The van der Waals surface area contributed by atoms with Crippen molar-refractivity contribution in [3.63, 3.8) is 0 Å². The van der Waals surface area contributed by atoms with Crippen LogP contribution in [0, 0.1) is 4.64 Å². The zero-order valence-electron chi connectivity index (χ0n) is 9.58. The van der Waals surface area contributed by atoms with Gasteiger partial charge in [-0.3, -0.25) is 0 Å². The first-order chi connectivity index (χ1) is 7.70. The number of fused-ring (bicyclic) bond motifs is 1. The van der Waals surface area contributed by atoms with Gasteiger partial charge in [0.05, 0.1) is 5.75 Å². The molecule has 0 spiro atoms. The Hall–Kier alpha value is -0.000000000000000111. The minimum absolute atomic E-state index is 0.686. The van der Waals surface area contributed by atoms with Crippen molar-refractivity contribution >= 4 is 35.7 Å². The number of nitrogens with one attached hydrogen (secondary N) is 1. The van der Waals surface area contributed by atoms with Gasteiger partial charge in [0.1, 0.15) is 10.5 Å². The number of aromatic amines is 1. The molecule has 88 valence electrons. The minimum atomic E-state index is 0.686. The highest BCUT2D eigenvalue weighted by atomic mass is 32.2. The molecule has 16 heavy (non-hydrogen) atoms. The van der Waals surface area contributed by atoms with Gasteiger partial charge in [-0.05, 0) is 6.42 Å². The van der Waals surface area contributed by atoms with E-state index >= 15 is 0 Å². The Balaban J connectivity index is 2.11. The van der Waals surface area contributed by atoms with Gasteiger partial charge in [-0.2, -0.15) is 23.5 Å². The average Bonchev–Trinajstić information content (AvgIpc) is 2.74. The summed E-state index contributed by atoms with van der Waals surface area (Å²) >= 11 is 9.17. The van der Waals surface area contributed by atoms with E-state index in [2.05, 4.69) is 23.8 Å². The Morgan fingerprint density at radius 2 is 2.38 bits per heavy atom. The molecule has 0 bridgehead atoms. The van der Waals surface area contributed by atoms with Crippen LogP contribution in [0.25, 0.3) is 0 Å². The van der Waals surface area contributed by atoms with E-state index in [1.54, 1.807) is 0 Å². The molecule has 2 rings (SSSR count). The molecule has 2 heterocycles. The van der Waals surface area contributed by atoms with Crippen molar-refractivity contribution in [1.82, 2.24) is 9.97 Å². The second-order valence-electron chi connectivity index (χ2n) is 3.97. The van der Waals surface area contributed by atoms with Gasteiger partial charge in [0.15, 0.2) is 0 Å². The van der Waals surface area contributed by atoms with E-state index < -0.39 is 0 Å². The van der Waals surface area contributed by atoms with Crippen molar-refractivity contribution in [2.24, 2.45) is 0 Å². The molecule has 1 N–H and O–H groups in total. The molecule has 1 aliphatic rings. The van der Waals surface area contributed by atoms with Gasteiger partial charge in [-0.25, -0.2) is 4.98 Å². The number of nitrogens with zero attached hydrogens (tertiary/aromatic N) is 1. The molecule has 0 aromatic carbocycles. The Morgan fingerprint density at radius 3 is 3.12 bits per heavy atom. The van der Waals surface area contributed by atoms with E-state index in [0.717, 1.165) is 27.7 Å². The van der Waals surface area contributed by atoms with E-state index in [0.29, 0.717) is 5.25 Å². The largest absolute Gasteiger partial charge is 0.345 e. The van der Waals surface area contributed by atoms with Gasteiger partial charge >= 0.3 is 0 Å². The van der Waals surface area contributed by atoms with Crippen molar-refractivity contribution < 1.29 is 0 Å². The molecule has 1 aromatic rings. The van der Waals surface area contributed by atoms with E-state index in [4.69, 9.17) is 12.2 Å². The molecule has 0 saturated heterocycles. The molecule has 0 amide bonds. The van der Waals surface area contributed by atoms with Gasteiger partial charge in [0.25, 0.3) is 0 Å². The molecule has 1 atom stereocenters. The topological polar surface area (TPSA) is 28.7 Å². The number of aromatic nitrogens is 2. The number of H-pyrrole nitrogens is 1. The summed E-state index contributed by atoms with van der Waals surface area (Å²) in [5, 5.41) is 0.686. The maximum Gasteiger partial charge on any atom is 0.134 e. The Labute approximate surface area is 110 Å². The highest BCUT2D eigenvalue weighted by molar-refractivity contribution is 7.99. The number of hydrogen-bond donors (Lipinski definition) is 1. The van der Waals surface area contributed by atoms with E-state index in [9.17, 15) is 0 Å². The normalized spacial score (nSPS) is 16.1. The summed E-state index contributed by atoms with van der Waals surface area (Å²) < 4.78 is 0.804. The smallest absolute Gasteiger partial charge is 0.134 e. The summed E-state index contributed by atoms with van der Waals surface area (Å²) in [4.78, 5) is 7.90. The summed E-state index contributed by atoms with van der Waals surface area (Å²) in [6, 6.07) is 0. The van der Waals surface area contributed by atoms with Crippen molar-refractivity contribution in [2.45, 2.75) is 42.8 Å². The lowest BCUT2D eigenvalue weighted by molar-refractivity contribution is 0.897. The zero-order valence-corrected chi connectivity index (χ0v) is 12.0. The van der Waals surface area contributed by atoms with Gasteiger partial charge in [-0.15, -0.1) is 0 Å². The van der Waals surface area contributed by atoms with Crippen LogP contribution >= 0.6 is 35.7 Å². The zero-order chi connectivity index (χ0) is 11.5. The fourth-order valence-corrected chi connectivity index (χ4v) is 3.81. The molecular weight excluding hydrogens is 256 g/mol. The number of rotatable bonds is 4. The monoisotopic (exact) mass is 272 g/mol. The first-order valence-electron chi connectivity index (χ1n) is 5.51. The van der Waals surface area contributed by atoms with Gasteiger partial charge in [0, 0.05) is 28.0 Å². The van der Waals surface area contributed by atoms with Crippen LogP contribution in [0.15, 0.2) is 0 Å². The van der Waals surface area contributed by atoms with Crippen molar-refractivity contribution in [3.05, 3.63) is 21.7 Å². The van der Waals surface area contributed by atoms with E-state index in [1.807, 2.05) is 23.5 Å². The summed E-state index contributed by atoms with van der Waals surface area (Å²) in [7, 11) is 0. The molecule has 2 nitrogen and oxygen atoms in total. The van der Waals surface area contributed by atoms with Crippen LogP contribution < -0.4 is 0 Å². The Morgan fingerprint density at radius 1 is 1.56 bits per heavy atom. The summed E-state index contributed by atoms with van der Waals surface area (Å²) in [5.41, 5.74) is 2.54. The molecule has 5 heteroatoms. The highest BCUT2D eigenvalue weighted by Gasteiger charge is 2.15. The van der Waals surface area contributed by atoms with Gasteiger partial charge < -0.3 is 4.98 Å². The predicted molar refractivity (Wildman–Crippen MR) is 75.5 cm³/mol. The predicted octanol–water partition coefficient (Wildman–Crippen LogP) is 3.92. The molecular formula is C11H16N2S3. The fourth-order valence-electron chi connectivity index (χ4n) is 1.53. The van der Waals surface area contributed by atoms with Crippen molar-refractivity contribution in [1.29, 1.82) is 0 Å². The van der Waals surface area contributed by atoms with Crippen LogP contribution in [0.2, 0.25) is 0 Å². The van der Waals surface area contributed by atoms with Crippen molar-refractivity contribution in [3.8, 4) is 0 Å². The first-order valence-corrected chi connectivity index (χ1v) is 8.12. The van der Waals surface area contributed by atoms with Crippen LogP contribution in [0.1, 0.15) is 37.4 Å². The molecule has 1 aliphatic heterocycles. The molecule has 1 aromatic heterocycles. The van der Waals surface area contributed by atoms with Crippen LogP contribution in [0.3, 0.4) is 0 Å². The van der Waals surface area contributed by atoms with Gasteiger partial charge in [-0.1, -0.05) is 26.1 Å². The second kappa shape index (κ2) is 5.56. The Kier molecular flexibility index (Phi) is 4.33. The summed E-state index contributed by atoms with van der Waals surface area (Å²) in [6.45, 7) is 4.47. The summed E-state index contributed by atoms with van der Waals surface area (Å²) in [5.74, 6) is 4.06.